The molecule has 0 bridgehead atoms. The first-order chi connectivity index (χ1) is 7.99. The molecule has 1 nitrogen and oxygen atoms in total. The van der Waals surface area contributed by atoms with Crippen molar-refractivity contribution in [1.82, 2.24) is 0 Å². The van der Waals surface area contributed by atoms with Crippen LogP contribution in [0.2, 0.25) is 0 Å². The lowest BCUT2D eigenvalue weighted by Gasteiger charge is -2.07. The van der Waals surface area contributed by atoms with Crippen LogP contribution >= 0.6 is 0 Å². The smallest absolute Gasteiger partial charge is 0.175 e. The van der Waals surface area contributed by atoms with Crippen LogP contribution in [0.5, 0.6) is 5.75 Å². The van der Waals surface area contributed by atoms with Crippen LogP contribution in [0.1, 0.15) is 0 Å². The Kier molecular flexibility index (Phi) is 2.75. The van der Waals surface area contributed by atoms with E-state index in [4.69, 9.17) is 5.11 Å². The highest BCUT2D eigenvalue weighted by Crippen LogP contribution is 2.31. The lowest BCUT2D eigenvalue weighted by Crippen LogP contribution is -1.92. The molecule has 5 heteroatoms. The summed E-state index contributed by atoms with van der Waals surface area (Å²) in [6.07, 6.45) is 0. The quantitative estimate of drug-likeness (QED) is 0.757. The topological polar surface area (TPSA) is 20.2 Å². The van der Waals surface area contributed by atoms with E-state index in [2.05, 4.69) is 0 Å². The van der Waals surface area contributed by atoms with E-state index >= 15 is 0 Å². The molecule has 0 aliphatic heterocycles. The van der Waals surface area contributed by atoms with Crippen molar-refractivity contribution in [3.05, 3.63) is 53.6 Å². The van der Waals surface area contributed by atoms with E-state index in [0.29, 0.717) is 6.07 Å². The van der Waals surface area contributed by atoms with Gasteiger partial charge in [0.05, 0.1) is 5.56 Å². The van der Waals surface area contributed by atoms with Gasteiger partial charge in [0.15, 0.2) is 11.6 Å². The van der Waals surface area contributed by atoms with Crippen LogP contribution < -0.4 is 0 Å². The van der Waals surface area contributed by atoms with E-state index in [1.165, 1.54) is 0 Å². The number of benzene rings is 2. The van der Waals surface area contributed by atoms with Crippen molar-refractivity contribution in [2.75, 3.05) is 0 Å². The van der Waals surface area contributed by atoms with Crippen molar-refractivity contribution in [2.45, 2.75) is 0 Å². The Morgan fingerprint density at radius 2 is 1.41 bits per heavy atom. The summed E-state index contributed by atoms with van der Waals surface area (Å²) in [5, 5.41) is 9.10. The van der Waals surface area contributed by atoms with Crippen LogP contribution in [-0.2, 0) is 0 Å². The Hall–Kier alpha value is -2.04. The molecule has 0 saturated heterocycles. The molecule has 2 aromatic rings. The maximum atomic E-state index is 13.5. The molecule has 2 aromatic carbocycles. The third kappa shape index (κ3) is 2.08. The van der Waals surface area contributed by atoms with Gasteiger partial charge < -0.3 is 5.11 Å². The van der Waals surface area contributed by atoms with Crippen molar-refractivity contribution in [1.29, 1.82) is 0 Å². The molecular formula is C12H6F4O. The molecule has 0 saturated carbocycles. The normalized spacial score (nSPS) is 10.6. The van der Waals surface area contributed by atoms with E-state index in [0.717, 1.165) is 24.3 Å². The summed E-state index contributed by atoms with van der Waals surface area (Å²) in [6.45, 7) is 0. The summed E-state index contributed by atoms with van der Waals surface area (Å²) >= 11 is 0. The van der Waals surface area contributed by atoms with Gasteiger partial charge in [0.1, 0.15) is 17.5 Å². The van der Waals surface area contributed by atoms with Crippen molar-refractivity contribution in [3.8, 4) is 16.9 Å². The van der Waals surface area contributed by atoms with Crippen LogP contribution in [0.4, 0.5) is 17.6 Å². The van der Waals surface area contributed by atoms with Gasteiger partial charge in [-0.2, -0.15) is 0 Å². The third-order valence-corrected chi connectivity index (χ3v) is 2.22. The van der Waals surface area contributed by atoms with Gasteiger partial charge in [-0.1, -0.05) is 0 Å². The van der Waals surface area contributed by atoms with Crippen molar-refractivity contribution < 1.29 is 22.7 Å². The SMILES string of the molecule is Oc1ccc(F)c(-c2cc(F)cc(F)c2)c1F. The van der Waals surface area contributed by atoms with Crippen LogP contribution in [-0.4, -0.2) is 5.11 Å². The number of hydrogen-bond acceptors (Lipinski definition) is 1. The number of aromatic hydroxyl groups is 1. The minimum atomic E-state index is -1.25. The first-order valence-corrected chi connectivity index (χ1v) is 4.62. The predicted octanol–water partition coefficient (Wildman–Crippen LogP) is 3.62. The summed E-state index contributed by atoms with van der Waals surface area (Å²) in [5.41, 5.74) is -0.975. The summed E-state index contributed by atoms with van der Waals surface area (Å²) in [7, 11) is 0. The van der Waals surface area contributed by atoms with Gasteiger partial charge in [0, 0.05) is 6.07 Å². The third-order valence-electron chi connectivity index (χ3n) is 2.22. The molecule has 17 heavy (non-hydrogen) atoms. The summed E-state index contributed by atoms with van der Waals surface area (Å²) < 4.78 is 52.7. The van der Waals surface area contributed by atoms with E-state index in [9.17, 15) is 17.6 Å². The minimum Gasteiger partial charge on any atom is -0.505 e. The summed E-state index contributed by atoms with van der Waals surface area (Å²) in [6, 6.07) is 3.79. The van der Waals surface area contributed by atoms with Crippen LogP contribution in [0.3, 0.4) is 0 Å². The Morgan fingerprint density at radius 3 is 2.00 bits per heavy atom. The number of rotatable bonds is 1. The molecule has 2 rings (SSSR count). The van der Waals surface area contributed by atoms with Crippen LogP contribution in [0.15, 0.2) is 30.3 Å². The van der Waals surface area contributed by atoms with E-state index < -0.39 is 34.6 Å². The molecule has 88 valence electrons. The Labute approximate surface area is 93.9 Å². The lowest BCUT2D eigenvalue weighted by molar-refractivity contribution is 0.429. The highest BCUT2D eigenvalue weighted by molar-refractivity contribution is 5.66. The zero-order valence-corrected chi connectivity index (χ0v) is 8.35. The second kappa shape index (κ2) is 4.08. The number of phenols is 1. The molecule has 0 aliphatic rings. The van der Waals surface area contributed by atoms with E-state index in [1.54, 1.807) is 0 Å². The maximum absolute atomic E-state index is 13.5. The summed E-state index contributed by atoms with van der Waals surface area (Å²) in [5.74, 6) is -4.96. The molecule has 1 N–H and O–H groups in total. The summed E-state index contributed by atoms with van der Waals surface area (Å²) in [4.78, 5) is 0. The number of hydrogen-bond donors (Lipinski definition) is 1. The molecule has 0 amide bonds. The Bertz CT molecular complexity index is 561. The highest BCUT2D eigenvalue weighted by Gasteiger charge is 2.16. The molecular weight excluding hydrogens is 236 g/mol. The largest absolute Gasteiger partial charge is 0.505 e. The molecule has 0 fully saturated rings. The first-order valence-electron chi connectivity index (χ1n) is 4.62. The molecule has 0 aliphatic carbocycles. The van der Waals surface area contributed by atoms with Gasteiger partial charge >= 0.3 is 0 Å². The zero-order chi connectivity index (χ0) is 12.6. The Balaban J connectivity index is 2.72. The zero-order valence-electron chi connectivity index (χ0n) is 8.35. The van der Waals surface area contributed by atoms with Gasteiger partial charge in [-0.25, -0.2) is 17.6 Å². The van der Waals surface area contributed by atoms with Gasteiger partial charge in [0.25, 0.3) is 0 Å². The Morgan fingerprint density at radius 1 is 0.824 bits per heavy atom. The average Bonchev–Trinajstić information content (AvgIpc) is 2.23. The molecule has 0 aromatic heterocycles. The molecule has 0 heterocycles. The second-order valence-corrected chi connectivity index (χ2v) is 3.41. The van der Waals surface area contributed by atoms with Crippen LogP contribution in [0, 0.1) is 23.3 Å². The predicted molar refractivity (Wildman–Crippen MR) is 53.4 cm³/mol. The van der Waals surface area contributed by atoms with Gasteiger partial charge in [-0.05, 0) is 29.8 Å². The van der Waals surface area contributed by atoms with E-state index in [-0.39, 0.29) is 5.56 Å². The highest BCUT2D eigenvalue weighted by atomic mass is 19.1. The maximum Gasteiger partial charge on any atom is 0.175 e. The monoisotopic (exact) mass is 242 g/mol. The fourth-order valence-electron chi connectivity index (χ4n) is 1.50. The van der Waals surface area contributed by atoms with Gasteiger partial charge in [-0.15, -0.1) is 0 Å². The average molecular weight is 242 g/mol. The fourth-order valence-corrected chi connectivity index (χ4v) is 1.50. The number of halogens is 4. The van der Waals surface area contributed by atoms with Gasteiger partial charge in [-0.3, -0.25) is 0 Å². The van der Waals surface area contributed by atoms with Crippen molar-refractivity contribution in [2.24, 2.45) is 0 Å². The number of phenolic OH excluding ortho intramolecular Hbond substituents is 1. The van der Waals surface area contributed by atoms with Crippen molar-refractivity contribution in [3.63, 3.8) is 0 Å². The molecule has 0 spiro atoms. The standard InChI is InChI=1S/C12H6F4O/c13-7-3-6(4-8(14)5-7)11-9(15)1-2-10(17)12(11)16/h1-5,17H. The fraction of sp³-hybridized carbons (Fsp3) is 0. The second-order valence-electron chi connectivity index (χ2n) is 3.41. The minimum absolute atomic E-state index is 0.312. The molecule has 0 unspecified atom stereocenters. The molecule has 0 atom stereocenters. The molecule has 0 radical (unpaired) electrons. The van der Waals surface area contributed by atoms with Crippen molar-refractivity contribution >= 4 is 0 Å². The van der Waals surface area contributed by atoms with Crippen LogP contribution in [0.25, 0.3) is 11.1 Å². The van der Waals surface area contributed by atoms with E-state index in [1.807, 2.05) is 0 Å². The van der Waals surface area contributed by atoms with Gasteiger partial charge in [0.2, 0.25) is 0 Å². The first kappa shape index (κ1) is 11.4. The lowest BCUT2D eigenvalue weighted by atomic mass is 10.0.